The van der Waals surface area contributed by atoms with E-state index in [2.05, 4.69) is 20.5 Å². The van der Waals surface area contributed by atoms with Gasteiger partial charge in [-0.05, 0) is 24.3 Å². The smallest absolute Gasteiger partial charge is 0.335 e. The van der Waals surface area contributed by atoms with Crippen LogP contribution in [-0.4, -0.2) is 39.6 Å². The number of aromatic hydroxyl groups is 1. The first-order chi connectivity index (χ1) is 15.6. The monoisotopic (exact) mass is 472 g/mol. The number of hydrogen-bond donors (Lipinski definition) is 3. The molecule has 0 atom stereocenters. The number of hydrogen-bond acceptors (Lipinski definition) is 8. The molecular formula is C19H17ClN8O5. The largest absolute Gasteiger partial charge is 0.493 e. The van der Waals surface area contributed by atoms with Gasteiger partial charge in [0.25, 0.3) is 11.1 Å². The number of aryl methyl sites for hydroxylation is 2. The Bertz CT molecular complexity index is 1670. The van der Waals surface area contributed by atoms with E-state index in [0.29, 0.717) is 5.02 Å². The van der Waals surface area contributed by atoms with Gasteiger partial charge in [-0.25, -0.2) is 19.6 Å². The third kappa shape index (κ3) is 3.53. The van der Waals surface area contributed by atoms with Gasteiger partial charge in [0.2, 0.25) is 11.8 Å². The Morgan fingerprint density at radius 1 is 1.06 bits per heavy atom. The summed E-state index contributed by atoms with van der Waals surface area (Å²) >= 11 is 5.86. The average Bonchev–Trinajstić information content (AvgIpc) is 3.10. The van der Waals surface area contributed by atoms with Crippen LogP contribution in [0.5, 0.6) is 5.88 Å². The van der Waals surface area contributed by atoms with E-state index >= 15 is 0 Å². The number of fused-ring (bicyclic) bond motifs is 1. The highest BCUT2D eigenvalue weighted by Gasteiger charge is 2.17. The SMILES string of the molecule is Cn1c(=O)c2c(nc(N/N=C/c3c(O)n(-c4ccc(Cl)cc4)c(=O)[nH]c3=O)n2C)n(C)c1=O. The van der Waals surface area contributed by atoms with Gasteiger partial charge in [0.05, 0.1) is 11.9 Å². The van der Waals surface area contributed by atoms with Crippen LogP contribution >= 0.6 is 11.6 Å². The Morgan fingerprint density at radius 2 is 1.73 bits per heavy atom. The molecule has 4 rings (SSSR count). The Balaban J connectivity index is 1.75. The third-order valence-electron chi connectivity index (χ3n) is 5.04. The highest BCUT2D eigenvalue weighted by atomic mass is 35.5. The molecular weight excluding hydrogens is 456 g/mol. The van der Waals surface area contributed by atoms with E-state index in [1.54, 1.807) is 7.05 Å². The molecule has 0 bridgehead atoms. The summed E-state index contributed by atoms with van der Waals surface area (Å²) < 4.78 is 4.44. The number of halogens is 1. The molecule has 0 spiro atoms. The van der Waals surface area contributed by atoms with Crippen molar-refractivity contribution in [3.8, 4) is 11.6 Å². The van der Waals surface area contributed by atoms with E-state index < -0.39 is 28.4 Å². The Morgan fingerprint density at radius 3 is 2.39 bits per heavy atom. The molecule has 0 radical (unpaired) electrons. The zero-order chi connectivity index (χ0) is 24.0. The van der Waals surface area contributed by atoms with Gasteiger partial charge in [-0.1, -0.05) is 11.6 Å². The minimum Gasteiger partial charge on any atom is -0.493 e. The maximum atomic E-state index is 12.4. The van der Waals surface area contributed by atoms with E-state index in [0.717, 1.165) is 15.3 Å². The van der Waals surface area contributed by atoms with Crippen molar-refractivity contribution in [2.45, 2.75) is 0 Å². The van der Waals surface area contributed by atoms with Gasteiger partial charge in [0.15, 0.2) is 11.2 Å². The Hall–Kier alpha value is -4.39. The summed E-state index contributed by atoms with van der Waals surface area (Å²) in [7, 11) is 4.37. The zero-order valence-corrected chi connectivity index (χ0v) is 18.3. The maximum Gasteiger partial charge on any atom is 0.335 e. The zero-order valence-electron chi connectivity index (χ0n) is 17.5. The molecule has 13 nitrogen and oxygen atoms in total. The summed E-state index contributed by atoms with van der Waals surface area (Å²) in [4.78, 5) is 55.4. The van der Waals surface area contributed by atoms with Gasteiger partial charge in [-0.15, -0.1) is 0 Å². The average molecular weight is 473 g/mol. The van der Waals surface area contributed by atoms with Gasteiger partial charge in [-0.2, -0.15) is 10.1 Å². The molecule has 0 amide bonds. The van der Waals surface area contributed by atoms with Crippen molar-refractivity contribution >= 4 is 34.9 Å². The number of H-pyrrole nitrogens is 1. The number of aromatic nitrogens is 6. The van der Waals surface area contributed by atoms with Crippen LogP contribution in [0, 0.1) is 0 Å². The number of anilines is 1. The van der Waals surface area contributed by atoms with Crippen LogP contribution in [-0.2, 0) is 21.1 Å². The second kappa shape index (κ2) is 7.94. The lowest BCUT2D eigenvalue weighted by Gasteiger charge is -2.09. The van der Waals surface area contributed by atoms with E-state index in [9.17, 15) is 24.3 Å². The summed E-state index contributed by atoms with van der Waals surface area (Å²) in [6, 6.07) is 6.02. The van der Waals surface area contributed by atoms with Crippen LogP contribution in [0.4, 0.5) is 5.95 Å². The van der Waals surface area contributed by atoms with Crippen molar-refractivity contribution in [3.05, 3.63) is 76.5 Å². The van der Waals surface area contributed by atoms with Crippen molar-refractivity contribution in [1.29, 1.82) is 0 Å². The minimum absolute atomic E-state index is 0.0986. The van der Waals surface area contributed by atoms with Gasteiger partial charge < -0.3 is 9.67 Å². The molecule has 4 aromatic rings. The number of hydrazone groups is 1. The van der Waals surface area contributed by atoms with Gasteiger partial charge in [0.1, 0.15) is 5.56 Å². The van der Waals surface area contributed by atoms with Crippen LogP contribution in [0.2, 0.25) is 5.02 Å². The molecule has 170 valence electrons. The van der Waals surface area contributed by atoms with Gasteiger partial charge >= 0.3 is 11.4 Å². The normalized spacial score (nSPS) is 11.5. The van der Waals surface area contributed by atoms with E-state index in [1.165, 1.54) is 47.5 Å². The molecule has 0 aliphatic heterocycles. The highest BCUT2D eigenvalue weighted by Crippen LogP contribution is 2.18. The molecule has 33 heavy (non-hydrogen) atoms. The molecule has 3 N–H and O–H groups in total. The lowest BCUT2D eigenvalue weighted by Crippen LogP contribution is -2.37. The fourth-order valence-electron chi connectivity index (χ4n) is 3.26. The van der Waals surface area contributed by atoms with Gasteiger partial charge in [0, 0.05) is 26.2 Å². The predicted octanol–water partition coefficient (Wildman–Crippen LogP) is -0.385. The molecule has 1 aromatic carbocycles. The summed E-state index contributed by atoms with van der Waals surface area (Å²) in [5, 5.41) is 14.9. The number of aromatic amines is 1. The molecule has 0 saturated heterocycles. The van der Waals surface area contributed by atoms with Crippen molar-refractivity contribution in [1.82, 2.24) is 28.2 Å². The van der Waals surface area contributed by atoms with E-state index in [4.69, 9.17) is 11.6 Å². The third-order valence-corrected chi connectivity index (χ3v) is 5.29. The lowest BCUT2D eigenvalue weighted by molar-refractivity contribution is 0.430. The molecule has 0 unspecified atom stereocenters. The minimum atomic E-state index is -0.866. The summed E-state index contributed by atoms with van der Waals surface area (Å²) in [6.07, 6.45) is 0.997. The number of nitrogens with one attached hydrogen (secondary N) is 2. The number of benzene rings is 1. The van der Waals surface area contributed by atoms with Crippen molar-refractivity contribution in [2.24, 2.45) is 26.2 Å². The predicted molar refractivity (Wildman–Crippen MR) is 122 cm³/mol. The first-order valence-corrected chi connectivity index (χ1v) is 9.75. The summed E-state index contributed by atoms with van der Waals surface area (Å²) in [6.45, 7) is 0. The van der Waals surface area contributed by atoms with Crippen molar-refractivity contribution in [3.63, 3.8) is 0 Å². The molecule has 14 heteroatoms. The molecule has 0 aliphatic rings. The first kappa shape index (κ1) is 21.8. The Kier molecular flexibility index (Phi) is 5.25. The van der Waals surface area contributed by atoms with E-state index in [1.807, 2.05) is 0 Å². The maximum absolute atomic E-state index is 12.4. The second-order valence-corrected chi connectivity index (χ2v) is 7.49. The Labute approximate surface area is 188 Å². The van der Waals surface area contributed by atoms with Crippen molar-refractivity contribution in [2.75, 3.05) is 5.43 Å². The van der Waals surface area contributed by atoms with Crippen LogP contribution in [0.1, 0.15) is 5.56 Å². The van der Waals surface area contributed by atoms with Crippen LogP contribution in [0.15, 0.2) is 48.5 Å². The highest BCUT2D eigenvalue weighted by molar-refractivity contribution is 6.30. The molecule has 0 saturated carbocycles. The fraction of sp³-hybridized carbons (Fsp3) is 0.158. The molecule has 0 fully saturated rings. The molecule has 3 heterocycles. The molecule has 3 aromatic heterocycles. The molecule has 0 aliphatic carbocycles. The number of rotatable bonds is 4. The van der Waals surface area contributed by atoms with Gasteiger partial charge in [-0.3, -0.25) is 23.7 Å². The lowest BCUT2D eigenvalue weighted by atomic mass is 10.3. The van der Waals surface area contributed by atoms with Crippen LogP contribution in [0.25, 0.3) is 16.9 Å². The van der Waals surface area contributed by atoms with Crippen LogP contribution < -0.4 is 27.9 Å². The topological polar surface area (TPSA) is 161 Å². The quantitative estimate of drug-likeness (QED) is 0.269. The fourth-order valence-corrected chi connectivity index (χ4v) is 3.38. The first-order valence-electron chi connectivity index (χ1n) is 9.37. The number of nitrogens with zero attached hydrogens (tertiary/aromatic N) is 6. The van der Waals surface area contributed by atoms with Crippen molar-refractivity contribution < 1.29 is 5.11 Å². The van der Waals surface area contributed by atoms with Crippen LogP contribution in [0.3, 0.4) is 0 Å². The summed E-state index contributed by atoms with van der Waals surface area (Å²) in [5.41, 5.74) is 0.0403. The summed E-state index contributed by atoms with van der Waals surface area (Å²) in [5.74, 6) is -0.542. The number of imidazole rings is 1. The van der Waals surface area contributed by atoms with E-state index in [-0.39, 0.29) is 28.4 Å². The standard InChI is InChI=1S/C19H17ClN8O5/c1-25-12-13(26(2)19(33)27(3)16(12)31)22-17(25)24-21-8-11-14(29)23-18(32)28(15(11)30)10-6-4-9(20)5-7-10/h4-8,30H,1-3H3,(H,22,24)(H,23,29,32)/b21-8+. The second-order valence-electron chi connectivity index (χ2n) is 7.05.